The first-order chi connectivity index (χ1) is 1.73. The summed E-state index contributed by atoms with van der Waals surface area (Å²) in [5, 5.41) is 0. The van der Waals surface area contributed by atoms with E-state index in [0.717, 1.165) is 0 Å². The van der Waals surface area contributed by atoms with Gasteiger partial charge in [0.15, 0.2) is 0 Å². The van der Waals surface area contributed by atoms with Crippen molar-refractivity contribution in [2.24, 2.45) is 0 Å². The van der Waals surface area contributed by atoms with Gasteiger partial charge in [0.1, 0.15) is 0 Å². The van der Waals surface area contributed by atoms with Gasteiger partial charge in [-0.05, 0) is 14.1 Å². The summed E-state index contributed by atoms with van der Waals surface area (Å²) in [5.74, 6) is 0. The van der Waals surface area contributed by atoms with Crippen LogP contribution in [0.1, 0.15) is 0 Å². The molecule has 0 heterocycles. The highest BCUT2D eigenvalue weighted by Gasteiger charge is 1.58. The minimum absolute atomic E-state index is 0. The van der Waals surface area contributed by atoms with E-state index in [4.69, 9.17) is 0 Å². The van der Waals surface area contributed by atoms with E-state index in [-0.39, 0.29) is 28.2 Å². The van der Waals surface area contributed by atoms with Crippen LogP contribution in [0, 0.1) is 0 Å². The highest BCUT2D eigenvalue weighted by Crippen LogP contribution is 1.78. The molecule has 0 saturated heterocycles. The maximum absolute atomic E-state index is 2.49. The molecule has 0 spiro atoms. The standard InChI is InChI=1S/C2H8NP.6FH/c1-3(2)4;;;;;;/h4H2,1-2H3;6*1H. The molecule has 0 fully saturated rings. The summed E-state index contributed by atoms with van der Waals surface area (Å²) >= 11 is 0. The molecule has 0 aromatic rings. The van der Waals surface area contributed by atoms with E-state index in [2.05, 4.69) is 9.39 Å². The lowest BCUT2D eigenvalue weighted by Gasteiger charge is -1.90. The van der Waals surface area contributed by atoms with Crippen LogP contribution in [-0.4, -0.2) is 18.8 Å². The summed E-state index contributed by atoms with van der Waals surface area (Å²) in [6, 6.07) is 0. The van der Waals surface area contributed by atoms with Crippen LogP contribution in [0.3, 0.4) is 0 Å². The maximum atomic E-state index is 2.49. The normalized spacial score (nSPS) is 3.60. The van der Waals surface area contributed by atoms with Crippen molar-refractivity contribution in [1.82, 2.24) is 4.67 Å². The number of rotatable bonds is 0. The fourth-order valence-electron chi connectivity index (χ4n) is 0. The van der Waals surface area contributed by atoms with Gasteiger partial charge in [-0.3, -0.25) is 32.9 Å². The zero-order chi connectivity index (χ0) is 3.58. The second kappa shape index (κ2) is 64.6. The third kappa shape index (κ3) is 430000. The second-order valence-corrected chi connectivity index (χ2v) is 2.00. The monoisotopic (exact) mass is 197 g/mol. The smallest absolute Gasteiger partial charge is 0.0102 e. The Kier molecular flexibility index (Phi) is 587. The van der Waals surface area contributed by atoms with Crippen molar-refractivity contribution >= 4 is 9.39 Å². The molecule has 0 bridgehead atoms. The molecule has 1 nitrogen and oxygen atoms in total. The highest BCUT2D eigenvalue weighted by atomic mass is 31.0. The Morgan fingerprint density at radius 3 is 0.700 bits per heavy atom. The Morgan fingerprint density at radius 2 is 0.700 bits per heavy atom. The molecule has 0 aromatic carbocycles. The average molecular weight is 197 g/mol. The molecular formula is C2H14F6NP. The molecule has 0 aliphatic rings. The Morgan fingerprint density at radius 1 is 0.700 bits per heavy atom. The SMILES string of the molecule is CN(C)P.F.F.F.F.F.F. The number of nitrogens with zero attached hydrogens (tertiary/aromatic N) is 1. The molecule has 0 N–H and O–H groups in total. The van der Waals surface area contributed by atoms with E-state index in [1.54, 1.807) is 0 Å². The maximum Gasteiger partial charge on any atom is -0.0102 e. The molecule has 10 heavy (non-hydrogen) atoms. The predicted octanol–water partition coefficient (Wildman–Crippen LogP) is 1.25. The van der Waals surface area contributed by atoms with Crippen LogP contribution < -0.4 is 0 Å². The van der Waals surface area contributed by atoms with Gasteiger partial charge >= 0.3 is 0 Å². The van der Waals surface area contributed by atoms with Gasteiger partial charge < -0.3 is 0 Å². The van der Waals surface area contributed by atoms with Crippen molar-refractivity contribution in [1.29, 1.82) is 0 Å². The van der Waals surface area contributed by atoms with Crippen molar-refractivity contribution in [2.45, 2.75) is 0 Å². The molecule has 0 saturated carbocycles. The summed E-state index contributed by atoms with van der Waals surface area (Å²) in [6.07, 6.45) is 0. The van der Waals surface area contributed by atoms with E-state index >= 15 is 0 Å². The number of hydrogen-bond acceptors (Lipinski definition) is 1. The lowest BCUT2D eigenvalue weighted by atomic mass is 11.3. The highest BCUT2D eigenvalue weighted by molar-refractivity contribution is 7.13. The third-order valence-electron chi connectivity index (χ3n) is 0. The van der Waals surface area contributed by atoms with Crippen LogP contribution >= 0.6 is 9.39 Å². The molecule has 8 heteroatoms. The van der Waals surface area contributed by atoms with Crippen LogP contribution in [0.25, 0.3) is 0 Å². The molecule has 1 unspecified atom stereocenters. The summed E-state index contributed by atoms with van der Waals surface area (Å²) in [6.45, 7) is 0. The van der Waals surface area contributed by atoms with Crippen LogP contribution in [0.5, 0.6) is 0 Å². The van der Waals surface area contributed by atoms with Gasteiger partial charge in [-0.1, -0.05) is 9.39 Å². The van der Waals surface area contributed by atoms with Gasteiger partial charge in [-0.2, -0.15) is 0 Å². The number of hydrogen-bond donors (Lipinski definition) is 0. The van der Waals surface area contributed by atoms with Crippen molar-refractivity contribution in [3.05, 3.63) is 0 Å². The summed E-state index contributed by atoms with van der Waals surface area (Å²) in [5.41, 5.74) is 0. The molecule has 0 amide bonds. The van der Waals surface area contributed by atoms with Gasteiger partial charge in [-0.25, -0.2) is 0 Å². The summed E-state index contributed by atoms with van der Waals surface area (Å²) in [7, 11) is 6.42. The first-order valence-electron chi connectivity index (χ1n) is 1.15. The predicted molar refractivity (Wildman–Crippen MR) is 38.4 cm³/mol. The molecule has 1 atom stereocenters. The topological polar surface area (TPSA) is 3.24 Å². The fraction of sp³-hybridized carbons (Fsp3) is 1.00. The van der Waals surface area contributed by atoms with Gasteiger partial charge in [0, 0.05) is 0 Å². The molecular weight excluding hydrogens is 183 g/mol. The van der Waals surface area contributed by atoms with Crippen LogP contribution in [0.4, 0.5) is 28.2 Å². The van der Waals surface area contributed by atoms with Crippen LogP contribution in [-0.2, 0) is 0 Å². The Labute approximate surface area is 57.6 Å². The van der Waals surface area contributed by atoms with Crippen molar-refractivity contribution in [2.75, 3.05) is 14.1 Å². The van der Waals surface area contributed by atoms with Crippen molar-refractivity contribution < 1.29 is 28.2 Å². The van der Waals surface area contributed by atoms with Gasteiger partial charge in [0.2, 0.25) is 0 Å². The Hall–Kier alpha value is -0.0300. The van der Waals surface area contributed by atoms with E-state index in [1.807, 2.05) is 18.8 Å². The second-order valence-electron chi connectivity index (χ2n) is 0.964. The zero-order valence-electron chi connectivity index (χ0n) is 5.47. The van der Waals surface area contributed by atoms with Crippen molar-refractivity contribution in [3.8, 4) is 0 Å². The Balaban J connectivity index is -0.00000000300. The van der Waals surface area contributed by atoms with Gasteiger partial charge in [0.05, 0.1) is 0 Å². The first kappa shape index (κ1) is 90.9. The van der Waals surface area contributed by atoms with Crippen molar-refractivity contribution in [3.63, 3.8) is 0 Å². The van der Waals surface area contributed by atoms with Gasteiger partial charge in [-0.15, -0.1) is 0 Å². The van der Waals surface area contributed by atoms with E-state index in [1.165, 1.54) is 0 Å². The van der Waals surface area contributed by atoms with Crippen LogP contribution in [0.2, 0.25) is 0 Å². The Bertz CT molecular complexity index is 20.5. The minimum Gasteiger partial charge on any atom is -0.293 e. The van der Waals surface area contributed by atoms with Gasteiger partial charge in [0.25, 0.3) is 0 Å². The molecule has 0 aliphatic carbocycles. The molecule has 0 aromatic heterocycles. The average Bonchev–Trinajstić information content (AvgIpc) is 0.811. The third-order valence-corrected chi connectivity index (χ3v) is 0. The lowest BCUT2D eigenvalue weighted by molar-refractivity contribution is 0.703. The molecule has 0 rings (SSSR count). The largest absolute Gasteiger partial charge is 0.293 e. The molecule has 0 radical (unpaired) electrons. The summed E-state index contributed by atoms with van der Waals surface area (Å²) < 4.78 is 1.92. The quantitative estimate of drug-likeness (QED) is 0.417. The van der Waals surface area contributed by atoms with E-state index < -0.39 is 0 Å². The molecule has 0 aliphatic heterocycles. The minimum atomic E-state index is 0. The van der Waals surface area contributed by atoms with Crippen LogP contribution in [0.15, 0.2) is 0 Å². The molecule has 74 valence electrons. The number of halogens is 6. The summed E-state index contributed by atoms with van der Waals surface area (Å²) in [4.78, 5) is 0. The van der Waals surface area contributed by atoms with E-state index in [0.29, 0.717) is 0 Å². The van der Waals surface area contributed by atoms with E-state index in [9.17, 15) is 0 Å². The zero-order valence-corrected chi connectivity index (χ0v) is 6.63. The fourth-order valence-corrected chi connectivity index (χ4v) is 0. The first-order valence-corrected chi connectivity index (χ1v) is 1.67. The lowest BCUT2D eigenvalue weighted by Crippen LogP contribution is -1.88.